The minimum Gasteiger partial charge on any atom is -0.310 e. The summed E-state index contributed by atoms with van der Waals surface area (Å²) in [4.78, 5) is 2.35. The first-order chi connectivity index (χ1) is 19.7. The zero-order chi connectivity index (χ0) is 26.9. The van der Waals surface area contributed by atoms with E-state index in [4.69, 9.17) is 0 Å². The minimum atomic E-state index is 1.13. The van der Waals surface area contributed by atoms with Crippen LogP contribution < -0.4 is 4.90 Å². The molecule has 7 rings (SSSR count). The predicted molar refractivity (Wildman–Crippen MR) is 174 cm³/mol. The molecule has 1 nitrogen and oxygen atoms in total. The molecule has 40 heavy (non-hydrogen) atoms. The van der Waals surface area contributed by atoms with Gasteiger partial charge >= 0.3 is 0 Å². The van der Waals surface area contributed by atoms with Crippen LogP contribution in [0.2, 0.25) is 0 Å². The smallest absolute Gasteiger partial charge is 0.0540 e. The average molecular weight is 512 g/mol. The third kappa shape index (κ3) is 4.63. The molecule has 0 aromatic heterocycles. The SMILES string of the molecule is Cc1ccc(N(c2ccc(C=Cc3ccc4cc5ccccc5cc4c3)cc2)c2cccc3ccccc23)cc1. The van der Waals surface area contributed by atoms with Crippen LogP contribution in [0.3, 0.4) is 0 Å². The number of benzene rings is 7. The van der Waals surface area contributed by atoms with Crippen molar-refractivity contribution in [2.75, 3.05) is 4.90 Å². The van der Waals surface area contributed by atoms with Crippen LogP contribution in [-0.2, 0) is 0 Å². The number of hydrogen-bond donors (Lipinski definition) is 0. The Labute approximate surface area is 235 Å². The molecule has 0 N–H and O–H groups in total. The van der Waals surface area contributed by atoms with Crippen LogP contribution in [0.25, 0.3) is 44.5 Å². The van der Waals surface area contributed by atoms with Gasteiger partial charge in [0, 0.05) is 16.8 Å². The molecule has 0 spiro atoms. The van der Waals surface area contributed by atoms with Crippen molar-refractivity contribution in [3.8, 4) is 0 Å². The van der Waals surface area contributed by atoms with Crippen LogP contribution >= 0.6 is 0 Å². The summed E-state index contributed by atoms with van der Waals surface area (Å²) in [6, 6.07) is 52.5. The number of aryl methyl sites for hydroxylation is 1. The summed E-state index contributed by atoms with van der Waals surface area (Å²) in [7, 11) is 0. The van der Waals surface area contributed by atoms with E-state index in [9.17, 15) is 0 Å². The fraction of sp³-hybridized carbons (Fsp3) is 0.0256. The summed E-state index contributed by atoms with van der Waals surface area (Å²) in [5, 5.41) is 7.56. The van der Waals surface area contributed by atoms with Crippen molar-refractivity contribution in [1.82, 2.24) is 0 Å². The third-order valence-electron chi connectivity index (χ3n) is 7.65. The molecule has 190 valence electrons. The summed E-state index contributed by atoms with van der Waals surface area (Å²) < 4.78 is 0. The number of nitrogens with zero attached hydrogens (tertiary/aromatic N) is 1. The third-order valence-corrected chi connectivity index (χ3v) is 7.65. The van der Waals surface area contributed by atoms with Crippen LogP contribution in [0.4, 0.5) is 17.1 Å². The van der Waals surface area contributed by atoms with E-state index in [-0.39, 0.29) is 0 Å². The number of hydrogen-bond acceptors (Lipinski definition) is 1. The Balaban J connectivity index is 1.22. The molecule has 0 unspecified atom stereocenters. The van der Waals surface area contributed by atoms with E-state index < -0.39 is 0 Å². The molecular formula is C39H29N. The van der Waals surface area contributed by atoms with Gasteiger partial charge in [0.2, 0.25) is 0 Å². The van der Waals surface area contributed by atoms with Crippen LogP contribution in [0, 0.1) is 6.92 Å². The van der Waals surface area contributed by atoms with Gasteiger partial charge in [0.25, 0.3) is 0 Å². The van der Waals surface area contributed by atoms with E-state index in [1.807, 2.05) is 0 Å². The van der Waals surface area contributed by atoms with Gasteiger partial charge in [0.05, 0.1) is 5.69 Å². The van der Waals surface area contributed by atoms with E-state index in [1.54, 1.807) is 0 Å². The Morgan fingerprint density at radius 2 is 0.975 bits per heavy atom. The molecule has 7 aromatic carbocycles. The highest BCUT2D eigenvalue weighted by Gasteiger charge is 2.15. The van der Waals surface area contributed by atoms with Crippen molar-refractivity contribution in [1.29, 1.82) is 0 Å². The molecular weight excluding hydrogens is 482 g/mol. The van der Waals surface area contributed by atoms with E-state index in [0.717, 1.165) is 11.4 Å². The average Bonchev–Trinajstić information content (AvgIpc) is 3.01. The Kier molecular flexibility index (Phi) is 6.11. The lowest BCUT2D eigenvalue weighted by atomic mass is 10.0. The zero-order valence-corrected chi connectivity index (χ0v) is 22.5. The lowest BCUT2D eigenvalue weighted by molar-refractivity contribution is 1.29. The maximum Gasteiger partial charge on any atom is 0.0540 e. The van der Waals surface area contributed by atoms with Crippen LogP contribution in [0.5, 0.6) is 0 Å². The summed E-state index contributed by atoms with van der Waals surface area (Å²) in [5.74, 6) is 0. The Hall–Kier alpha value is -5.14. The van der Waals surface area contributed by atoms with E-state index in [1.165, 1.54) is 54.7 Å². The monoisotopic (exact) mass is 511 g/mol. The number of anilines is 3. The van der Waals surface area contributed by atoms with Gasteiger partial charge in [-0.1, -0.05) is 115 Å². The normalized spacial score (nSPS) is 11.5. The summed E-state index contributed by atoms with van der Waals surface area (Å²) >= 11 is 0. The Morgan fingerprint density at radius 1 is 0.425 bits per heavy atom. The molecule has 0 fully saturated rings. The first kappa shape index (κ1) is 23.9. The quantitative estimate of drug-likeness (QED) is 0.164. The van der Waals surface area contributed by atoms with Gasteiger partial charge < -0.3 is 4.90 Å². The summed E-state index contributed by atoms with van der Waals surface area (Å²) in [6.07, 6.45) is 4.40. The van der Waals surface area contributed by atoms with Crippen LogP contribution in [0.1, 0.15) is 16.7 Å². The molecule has 0 saturated carbocycles. The highest BCUT2D eigenvalue weighted by atomic mass is 15.1. The van der Waals surface area contributed by atoms with Crippen molar-refractivity contribution < 1.29 is 0 Å². The predicted octanol–water partition coefficient (Wildman–Crippen LogP) is 11.1. The standard InChI is InChI=1S/C39H29N/c1-28-13-21-36(22-14-28)40(39-12-6-10-31-7-4-5-11-38(31)39)37-23-18-29(19-24-37)15-16-30-17-20-34-26-32-8-2-3-9-33(32)27-35(34)25-30/h2-27H,1H3. The van der Waals surface area contributed by atoms with Crippen molar-refractivity contribution in [3.63, 3.8) is 0 Å². The molecule has 0 heterocycles. The fourth-order valence-corrected chi connectivity index (χ4v) is 5.51. The first-order valence-corrected chi connectivity index (χ1v) is 13.8. The molecule has 0 radical (unpaired) electrons. The van der Waals surface area contributed by atoms with Gasteiger partial charge in [0.1, 0.15) is 0 Å². The molecule has 0 amide bonds. The van der Waals surface area contributed by atoms with Gasteiger partial charge in [-0.3, -0.25) is 0 Å². The first-order valence-electron chi connectivity index (χ1n) is 13.8. The maximum absolute atomic E-state index is 2.35. The second-order valence-corrected chi connectivity index (χ2v) is 10.4. The number of rotatable bonds is 5. The molecule has 0 saturated heterocycles. The van der Waals surface area contributed by atoms with Crippen LogP contribution in [-0.4, -0.2) is 0 Å². The molecule has 0 aliphatic rings. The lowest BCUT2D eigenvalue weighted by Crippen LogP contribution is -2.10. The minimum absolute atomic E-state index is 1.13. The highest BCUT2D eigenvalue weighted by molar-refractivity contribution is 6.00. The lowest BCUT2D eigenvalue weighted by Gasteiger charge is -2.27. The van der Waals surface area contributed by atoms with E-state index in [2.05, 4.69) is 170 Å². The van der Waals surface area contributed by atoms with E-state index in [0.29, 0.717) is 0 Å². The van der Waals surface area contributed by atoms with Crippen molar-refractivity contribution in [3.05, 3.63) is 162 Å². The second kappa shape index (κ2) is 10.2. The summed E-state index contributed by atoms with van der Waals surface area (Å²) in [6.45, 7) is 2.13. The summed E-state index contributed by atoms with van der Waals surface area (Å²) in [5.41, 5.74) is 7.08. The Bertz CT molecular complexity index is 1990. The van der Waals surface area contributed by atoms with E-state index >= 15 is 0 Å². The topological polar surface area (TPSA) is 3.24 Å². The van der Waals surface area contributed by atoms with Crippen molar-refractivity contribution in [2.24, 2.45) is 0 Å². The Morgan fingerprint density at radius 3 is 1.73 bits per heavy atom. The highest BCUT2D eigenvalue weighted by Crippen LogP contribution is 2.39. The van der Waals surface area contributed by atoms with Gasteiger partial charge in [-0.05, 0) is 93.5 Å². The second-order valence-electron chi connectivity index (χ2n) is 10.4. The number of fused-ring (bicyclic) bond motifs is 3. The molecule has 0 aliphatic carbocycles. The fourth-order valence-electron chi connectivity index (χ4n) is 5.51. The van der Waals surface area contributed by atoms with Crippen molar-refractivity contribution in [2.45, 2.75) is 6.92 Å². The van der Waals surface area contributed by atoms with Gasteiger partial charge in [0.15, 0.2) is 0 Å². The molecule has 7 aromatic rings. The van der Waals surface area contributed by atoms with Crippen LogP contribution in [0.15, 0.2) is 146 Å². The van der Waals surface area contributed by atoms with Gasteiger partial charge in [-0.25, -0.2) is 0 Å². The molecule has 0 atom stereocenters. The van der Waals surface area contributed by atoms with Gasteiger partial charge in [-0.15, -0.1) is 0 Å². The molecule has 1 heteroatoms. The largest absolute Gasteiger partial charge is 0.310 e. The zero-order valence-electron chi connectivity index (χ0n) is 22.5. The van der Waals surface area contributed by atoms with Gasteiger partial charge in [-0.2, -0.15) is 0 Å². The van der Waals surface area contributed by atoms with Crippen molar-refractivity contribution >= 4 is 61.5 Å². The molecule has 0 aliphatic heterocycles. The maximum atomic E-state index is 2.35. The molecule has 0 bridgehead atoms.